The average molecular weight is 284 g/mol. The highest BCUT2D eigenvalue weighted by Crippen LogP contribution is 2.37. The maximum Gasteiger partial charge on any atom is 0.140 e. The lowest BCUT2D eigenvalue weighted by Crippen LogP contribution is -2.34. The van der Waals surface area contributed by atoms with Crippen LogP contribution in [0.1, 0.15) is 30.9 Å². The first-order chi connectivity index (χ1) is 10.1. The van der Waals surface area contributed by atoms with Crippen molar-refractivity contribution in [3.8, 4) is 12.1 Å². The van der Waals surface area contributed by atoms with E-state index in [0.29, 0.717) is 0 Å². The molecule has 0 aromatic heterocycles. The Balaban J connectivity index is 2.40. The van der Waals surface area contributed by atoms with Gasteiger partial charge in [0.15, 0.2) is 0 Å². The largest absolute Gasteiger partial charge is 0.377 e. The average Bonchev–Trinajstić information content (AvgIpc) is 2.84. The summed E-state index contributed by atoms with van der Waals surface area (Å²) in [5.74, 6) is -1.36. The topological polar surface area (TPSA) is 91.9 Å². The number of aryl methyl sites for hydroxylation is 1. The molecule has 0 spiro atoms. The van der Waals surface area contributed by atoms with E-state index in [1.54, 1.807) is 0 Å². The maximum absolute atomic E-state index is 10.1. The Morgan fingerprint density at radius 2 is 1.81 bits per heavy atom. The van der Waals surface area contributed by atoms with Crippen LogP contribution in [0.2, 0.25) is 0 Å². The van der Waals surface area contributed by atoms with Crippen molar-refractivity contribution in [3.63, 3.8) is 0 Å². The van der Waals surface area contributed by atoms with Gasteiger partial charge in [-0.15, -0.1) is 0 Å². The zero-order valence-corrected chi connectivity index (χ0v) is 12.2. The third-order valence-corrected chi connectivity index (χ3v) is 4.23. The number of hydrazine groups is 1. The first-order valence-corrected chi connectivity index (χ1v) is 7.19. The van der Waals surface area contributed by atoms with E-state index in [1.165, 1.54) is 5.56 Å². The molecular formula is C16H20N4O. The van der Waals surface area contributed by atoms with Gasteiger partial charge in [0.25, 0.3) is 0 Å². The minimum absolute atomic E-state index is 0.0277. The van der Waals surface area contributed by atoms with Gasteiger partial charge in [0.1, 0.15) is 12.1 Å². The molecule has 5 nitrogen and oxygen atoms in total. The van der Waals surface area contributed by atoms with Crippen LogP contribution in [0, 0.1) is 34.5 Å². The Bertz CT molecular complexity index is 533. The summed E-state index contributed by atoms with van der Waals surface area (Å²) in [6.07, 6.45) is 0.163. The molecule has 0 aliphatic carbocycles. The standard InChI is InChI=1S/C16H20N4O/c1-3-11-4-6-12(7-5-11)15(13(8-17)9-18)14-10(2)19-20-16(14)21/h4-7,10,13-16,19-21H,3H2,1-2H3. The lowest BCUT2D eigenvalue weighted by Gasteiger charge is -2.29. The van der Waals surface area contributed by atoms with Crippen LogP contribution < -0.4 is 10.9 Å². The Kier molecular flexibility index (Phi) is 4.93. The van der Waals surface area contributed by atoms with Gasteiger partial charge in [-0.3, -0.25) is 5.43 Å². The van der Waals surface area contributed by atoms with E-state index in [-0.39, 0.29) is 17.9 Å². The monoisotopic (exact) mass is 284 g/mol. The molecule has 1 aromatic carbocycles. The molecule has 1 heterocycles. The molecule has 1 aromatic rings. The van der Waals surface area contributed by atoms with E-state index >= 15 is 0 Å². The molecule has 4 atom stereocenters. The summed E-state index contributed by atoms with van der Waals surface area (Å²) in [7, 11) is 0. The molecule has 21 heavy (non-hydrogen) atoms. The number of hydrogen-bond donors (Lipinski definition) is 3. The number of aliphatic hydroxyl groups excluding tert-OH is 1. The zero-order chi connectivity index (χ0) is 15.4. The first kappa shape index (κ1) is 15.5. The number of nitrogens with one attached hydrogen (secondary N) is 2. The maximum atomic E-state index is 10.1. The highest BCUT2D eigenvalue weighted by molar-refractivity contribution is 5.30. The van der Waals surface area contributed by atoms with Crippen molar-refractivity contribution in [2.75, 3.05) is 0 Å². The molecule has 1 aliphatic rings. The van der Waals surface area contributed by atoms with Gasteiger partial charge in [-0.25, -0.2) is 5.43 Å². The highest BCUT2D eigenvalue weighted by Gasteiger charge is 2.42. The predicted octanol–water partition coefficient (Wildman–Crippen LogP) is 1.43. The third kappa shape index (κ3) is 3.06. The second-order valence-corrected chi connectivity index (χ2v) is 5.46. The van der Waals surface area contributed by atoms with Gasteiger partial charge in [-0.1, -0.05) is 31.2 Å². The Labute approximate surface area is 125 Å². The van der Waals surface area contributed by atoms with Crippen molar-refractivity contribution in [1.29, 1.82) is 10.5 Å². The number of hydrogen-bond acceptors (Lipinski definition) is 5. The second kappa shape index (κ2) is 6.69. The normalized spacial score (nSPS) is 26.3. The molecule has 4 unspecified atom stereocenters. The second-order valence-electron chi connectivity index (χ2n) is 5.46. The third-order valence-electron chi connectivity index (χ3n) is 4.23. The molecule has 1 fully saturated rings. The zero-order valence-electron chi connectivity index (χ0n) is 12.2. The molecule has 3 N–H and O–H groups in total. The van der Waals surface area contributed by atoms with Gasteiger partial charge in [0.2, 0.25) is 0 Å². The molecule has 110 valence electrons. The van der Waals surface area contributed by atoms with Crippen LogP contribution in [0.25, 0.3) is 0 Å². The number of rotatable bonds is 4. The van der Waals surface area contributed by atoms with Crippen LogP contribution >= 0.6 is 0 Å². The minimum Gasteiger partial charge on any atom is -0.377 e. The number of nitriles is 2. The predicted molar refractivity (Wildman–Crippen MR) is 78.5 cm³/mol. The molecule has 0 saturated carbocycles. The number of aliphatic hydroxyl groups is 1. The van der Waals surface area contributed by atoms with Crippen LogP contribution in [0.15, 0.2) is 24.3 Å². The van der Waals surface area contributed by atoms with Crippen LogP contribution in [-0.4, -0.2) is 17.4 Å². The molecule has 0 radical (unpaired) electrons. The molecule has 1 aliphatic heterocycles. The van der Waals surface area contributed by atoms with E-state index < -0.39 is 12.1 Å². The Morgan fingerprint density at radius 1 is 1.19 bits per heavy atom. The van der Waals surface area contributed by atoms with Crippen LogP contribution in [0.5, 0.6) is 0 Å². The van der Waals surface area contributed by atoms with Gasteiger partial charge >= 0.3 is 0 Å². The summed E-state index contributed by atoms with van der Waals surface area (Å²) < 4.78 is 0. The van der Waals surface area contributed by atoms with E-state index in [2.05, 4.69) is 29.9 Å². The van der Waals surface area contributed by atoms with Gasteiger partial charge in [-0.2, -0.15) is 10.5 Å². The van der Waals surface area contributed by atoms with E-state index in [1.807, 2.05) is 31.2 Å². The first-order valence-electron chi connectivity index (χ1n) is 7.19. The smallest absolute Gasteiger partial charge is 0.140 e. The van der Waals surface area contributed by atoms with Crippen LogP contribution in [0.3, 0.4) is 0 Å². The highest BCUT2D eigenvalue weighted by atomic mass is 16.3. The van der Waals surface area contributed by atoms with Crippen molar-refractivity contribution < 1.29 is 5.11 Å². The van der Waals surface area contributed by atoms with Crippen LogP contribution in [-0.2, 0) is 6.42 Å². The minimum atomic E-state index is -0.790. The molecule has 0 bridgehead atoms. The fourth-order valence-electron chi connectivity index (χ4n) is 2.99. The van der Waals surface area contributed by atoms with Crippen LogP contribution in [0.4, 0.5) is 0 Å². The number of benzene rings is 1. The van der Waals surface area contributed by atoms with Crippen molar-refractivity contribution in [2.24, 2.45) is 11.8 Å². The summed E-state index contributed by atoms with van der Waals surface area (Å²) in [6, 6.07) is 12.1. The fraction of sp³-hybridized carbons (Fsp3) is 0.500. The van der Waals surface area contributed by atoms with Crippen molar-refractivity contribution >= 4 is 0 Å². The van der Waals surface area contributed by atoms with Gasteiger partial charge < -0.3 is 5.11 Å². The molecule has 5 heteroatoms. The Hall–Kier alpha value is -1.92. The fourth-order valence-corrected chi connectivity index (χ4v) is 2.99. The number of nitrogens with zero attached hydrogens (tertiary/aromatic N) is 2. The summed E-state index contributed by atoms with van der Waals surface area (Å²) in [6.45, 7) is 4.02. The van der Waals surface area contributed by atoms with Gasteiger partial charge in [0.05, 0.1) is 12.1 Å². The van der Waals surface area contributed by atoms with E-state index in [4.69, 9.17) is 0 Å². The summed E-state index contributed by atoms with van der Waals surface area (Å²) in [5.41, 5.74) is 7.88. The van der Waals surface area contributed by atoms with Crippen molar-refractivity contribution in [2.45, 2.75) is 38.5 Å². The lowest BCUT2D eigenvalue weighted by atomic mass is 9.74. The molecule has 1 saturated heterocycles. The van der Waals surface area contributed by atoms with Crippen molar-refractivity contribution in [1.82, 2.24) is 10.9 Å². The van der Waals surface area contributed by atoms with Gasteiger partial charge in [-0.05, 0) is 24.5 Å². The summed E-state index contributed by atoms with van der Waals surface area (Å²) in [4.78, 5) is 0. The van der Waals surface area contributed by atoms with Crippen molar-refractivity contribution in [3.05, 3.63) is 35.4 Å². The quantitative estimate of drug-likeness (QED) is 0.778. The van der Waals surface area contributed by atoms with Gasteiger partial charge in [0, 0.05) is 17.9 Å². The Morgan fingerprint density at radius 3 is 2.24 bits per heavy atom. The molecular weight excluding hydrogens is 264 g/mol. The SMILES string of the molecule is CCc1ccc(C(C(C#N)C#N)C2C(C)NNC2O)cc1. The summed E-state index contributed by atoms with van der Waals surface area (Å²) in [5, 5.41) is 28.7. The van der Waals surface area contributed by atoms with E-state index in [0.717, 1.165) is 12.0 Å². The molecule has 0 amide bonds. The lowest BCUT2D eigenvalue weighted by molar-refractivity contribution is 0.0894. The van der Waals surface area contributed by atoms with E-state index in [9.17, 15) is 15.6 Å². The summed E-state index contributed by atoms with van der Waals surface area (Å²) >= 11 is 0. The molecule has 2 rings (SSSR count).